The monoisotopic (exact) mass is 1710 g/mol. The molecule has 582 valence electrons. The average molecular weight is 1710 g/mol. The van der Waals surface area contributed by atoms with Crippen molar-refractivity contribution in [3.8, 4) is 67.5 Å². The van der Waals surface area contributed by atoms with Gasteiger partial charge in [0.2, 0.25) is 0 Å². The summed E-state index contributed by atoms with van der Waals surface area (Å²) < 4.78 is 12.9. The minimum absolute atomic E-state index is 0. The Morgan fingerprint density at radius 1 is 0.404 bits per heavy atom. The number of rotatable bonds is 25. The van der Waals surface area contributed by atoms with Crippen LogP contribution in [0.25, 0.3) is 44.5 Å². The number of phenols is 2. The van der Waals surface area contributed by atoms with Gasteiger partial charge in [0.1, 0.15) is 23.0 Å². The molecule has 4 aliphatic carbocycles. The van der Waals surface area contributed by atoms with Gasteiger partial charge in [-0.25, -0.2) is 0 Å². The van der Waals surface area contributed by atoms with Crippen molar-refractivity contribution in [2.45, 2.75) is 302 Å². The zero-order valence-corrected chi connectivity index (χ0v) is 78.1. The number of aromatic hydroxyl groups is 2. The minimum atomic E-state index is -0.826. The van der Waals surface area contributed by atoms with Crippen molar-refractivity contribution in [2.75, 3.05) is 13.2 Å². The van der Waals surface area contributed by atoms with Crippen LogP contribution in [0.1, 0.15) is 305 Å². The van der Waals surface area contributed by atoms with Crippen LogP contribution in [0.15, 0.2) is 97.1 Å². The first kappa shape index (κ1) is 105. The Labute approximate surface area is 682 Å². The Morgan fingerprint density at radius 3 is 0.990 bits per heavy atom. The molecule has 0 heterocycles. The van der Waals surface area contributed by atoms with Crippen LogP contribution in [0.4, 0.5) is 0 Å². The van der Waals surface area contributed by atoms with Gasteiger partial charge in [-0.15, -0.1) is 0 Å². The summed E-state index contributed by atoms with van der Waals surface area (Å²) in [5.41, 5.74) is 16.7. The molecule has 0 radical (unpaired) electrons. The van der Waals surface area contributed by atoms with Gasteiger partial charge in [0, 0.05) is 33.4 Å². The topological polar surface area (TPSA) is 58.9 Å². The van der Waals surface area contributed by atoms with Crippen LogP contribution >= 0.6 is 17.0 Å². The van der Waals surface area contributed by atoms with E-state index in [2.05, 4.69) is 159 Å². The van der Waals surface area contributed by atoms with E-state index in [9.17, 15) is 10.2 Å². The SMILES string of the molecule is CCC(C)c1cc(-c2ccccc2OCCCCOc2ccccc2-c2cc(C(C)CC)cc(-c3c(C)cc(C)cc3C)c2O)c(O)c(-c2c(C)cc(C)cc2C)c1.CCCC1CCCC1.CCCC1CCCC1.CCCCC1CCC(C)C1.CCCCC1CCC(C)C1.[CH3-].[CH3-].[CH3-].[CH3-].[CH3-].[CH3-].[Cl][Zr+2][Cl].[Hf+4]. The smallest absolute Gasteiger partial charge is 4.00 e. The predicted octanol–water partition coefficient (Wildman–Crippen LogP) is 32.1. The summed E-state index contributed by atoms with van der Waals surface area (Å²) in [6.45, 7) is 36.6. The molecule has 4 fully saturated rings. The fourth-order valence-electron chi connectivity index (χ4n) is 16.1. The van der Waals surface area contributed by atoms with Gasteiger partial charge >= 0.3 is 63.7 Å². The third kappa shape index (κ3) is 34.4. The molecule has 0 aromatic heterocycles. The number of aryl methyl sites for hydroxylation is 6. The average Bonchev–Trinajstić information content (AvgIpc) is 0.865. The molecule has 4 saturated carbocycles. The quantitative estimate of drug-likeness (QED) is 0.0341. The van der Waals surface area contributed by atoms with Crippen molar-refractivity contribution in [3.63, 3.8) is 0 Å². The van der Waals surface area contributed by atoms with E-state index in [-0.39, 0.29) is 81.9 Å². The number of ether oxygens (including phenoxy) is 2. The second-order valence-corrected chi connectivity index (χ2v) is 34.0. The molecular formula is C96H152Cl2HfO4Zr. The summed E-state index contributed by atoms with van der Waals surface area (Å²) in [7, 11) is 9.87. The number of benzene rings is 6. The first-order valence-electron chi connectivity index (χ1n) is 39.1. The van der Waals surface area contributed by atoms with E-state index in [1.165, 1.54) is 176 Å². The van der Waals surface area contributed by atoms with Crippen molar-refractivity contribution < 1.29 is 66.4 Å². The molecule has 4 aliphatic rings. The van der Waals surface area contributed by atoms with Gasteiger partial charge in [-0.05, 0) is 208 Å². The Bertz CT molecular complexity index is 2940. The minimum Gasteiger partial charge on any atom is 4.00 e. The maximum atomic E-state index is 12.0. The summed E-state index contributed by atoms with van der Waals surface area (Å²) >= 11 is -0.826. The summed E-state index contributed by atoms with van der Waals surface area (Å²) in [4.78, 5) is 0. The van der Waals surface area contributed by atoms with Crippen LogP contribution in [0.5, 0.6) is 23.0 Å². The normalized spacial score (nSPS) is 16.8. The molecule has 0 aliphatic heterocycles. The Balaban J connectivity index is -0.00000179. The summed E-state index contributed by atoms with van der Waals surface area (Å²) in [6.07, 6.45) is 39.2. The van der Waals surface area contributed by atoms with E-state index >= 15 is 0 Å². The van der Waals surface area contributed by atoms with Crippen LogP contribution in [0.2, 0.25) is 0 Å². The summed E-state index contributed by atoms with van der Waals surface area (Å²) in [5.74, 6) is 9.19. The fourth-order valence-corrected chi connectivity index (χ4v) is 16.1. The second-order valence-electron chi connectivity index (χ2n) is 30.3. The molecule has 2 N–H and O–H groups in total. The van der Waals surface area contributed by atoms with E-state index in [0.717, 1.165) is 139 Å². The summed E-state index contributed by atoms with van der Waals surface area (Å²) in [6, 6.07) is 33.5. The van der Waals surface area contributed by atoms with Crippen LogP contribution < -0.4 is 9.47 Å². The fraction of sp³-hybridized carbons (Fsp3) is 0.562. The number of halogens is 2. The third-order valence-electron chi connectivity index (χ3n) is 21.8. The molecule has 0 bridgehead atoms. The van der Waals surface area contributed by atoms with Gasteiger partial charge in [-0.1, -0.05) is 282 Å². The first-order valence-corrected chi connectivity index (χ1v) is 45.4. The molecule has 4 nitrogen and oxygen atoms in total. The standard InChI is InChI=1S/C54H62O4.2C10H20.2C8H16.6CH3.2ClH.Hf.Zr/c1-11-35(5)41-29-45(53(55)47(31-41)51-37(7)25-33(3)26-38(51)8)43-19-13-15-21-49(43)57-23-17-18-24-58-50-22-16-14-20-44(50)46-30-42(36(6)12-2)32-48(54(46)56)52-39(9)27-34(4)28-40(52)10;2*1-3-4-5-10-7-6-9(2)8-10;2*1-2-5-8-6-3-4-7-8;;;;;;;;;;/h13-16,19-22,25-32,35-36,55-56H,11-12,17-18,23-24H2,1-10H3;2*9-10H,3-8H2,1-2H3;2*8H,2-7H2,1H3;6*1H3;2*1H;;/q;;;;;6*-1;;;2*+4/p-2. The molecule has 8 heteroatoms. The largest absolute Gasteiger partial charge is 4.00 e. The molecular weight excluding hydrogens is 1560 g/mol. The number of hydrogen-bond donors (Lipinski definition) is 2. The summed E-state index contributed by atoms with van der Waals surface area (Å²) in [5, 5.41) is 23.9. The Morgan fingerprint density at radius 2 is 0.712 bits per heavy atom. The van der Waals surface area contributed by atoms with E-state index in [1.54, 1.807) is 0 Å². The maximum Gasteiger partial charge on any atom is 4.00 e. The second kappa shape index (κ2) is 57.9. The first-order chi connectivity index (χ1) is 46.7. The van der Waals surface area contributed by atoms with E-state index in [4.69, 9.17) is 26.5 Å². The van der Waals surface area contributed by atoms with Crippen molar-refractivity contribution >= 4 is 17.0 Å². The Hall–Kier alpha value is -3.15. The Kier molecular flexibility index (Phi) is 58.4. The van der Waals surface area contributed by atoms with E-state index in [0.29, 0.717) is 25.0 Å². The molecule has 6 atom stereocenters. The van der Waals surface area contributed by atoms with Crippen LogP contribution in [0, 0.1) is 122 Å². The van der Waals surface area contributed by atoms with Crippen LogP contribution in [0.3, 0.4) is 0 Å². The molecule has 6 unspecified atom stereocenters. The number of phenolic OH excluding ortho intramolecular Hbond substituents is 2. The van der Waals surface area contributed by atoms with Gasteiger partial charge in [0.25, 0.3) is 0 Å². The number of hydrogen-bond acceptors (Lipinski definition) is 4. The molecule has 0 saturated heterocycles. The predicted molar refractivity (Wildman–Crippen MR) is 460 cm³/mol. The van der Waals surface area contributed by atoms with Crippen molar-refractivity contribution in [2.24, 2.45) is 35.5 Å². The van der Waals surface area contributed by atoms with Gasteiger partial charge < -0.3 is 64.2 Å². The maximum absolute atomic E-state index is 12.0. The van der Waals surface area contributed by atoms with Gasteiger partial charge in [0.15, 0.2) is 0 Å². The van der Waals surface area contributed by atoms with Crippen LogP contribution in [-0.4, -0.2) is 23.4 Å². The van der Waals surface area contributed by atoms with E-state index < -0.39 is 20.8 Å². The van der Waals surface area contributed by atoms with Gasteiger partial charge in [0.05, 0.1) is 13.2 Å². The molecule has 10 rings (SSSR count). The molecule has 6 aromatic rings. The molecule has 6 aromatic carbocycles. The van der Waals surface area contributed by atoms with Gasteiger partial charge in [-0.2, -0.15) is 0 Å². The van der Waals surface area contributed by atoms with Crippen molar-refractivity contribution in [3.05, 3.63) is 186 Å². The van der Waals surface area contributed by atoms with E-state index in [1.807, 2.05) is 48.5 Å². The molecule has 0 amide bonds. The van der Waals surface area contributed by atoms with Crippen molar-refractivity contribution in [1.29, 1.82) is 0 Å². The zero-order chi connectivity index (χ0) is 70.8. The molecule has 0 spiro atoms. The van der Waals surface area contributed by atoms with Crippen molar-refractivity contribution in [1.82, 2.24) is 0 Å². The third-order valence-corrected chi connectivity index (χ3v) is 21.8. The number of para-hydroxylation sites is 2. The molecule has 104 heavy (non-hydrogen) atoms. The van der Waals surface area contributed by atoms with Gasteiger partial charge in [-0.3, -0.25) is 0 Å². The van der Waals surface area contributed by atoms with Crippen LogP contribution in [-0.2, 0) is 46.7 Å². The zero-order valence-electron chi connectivity index (χ0n) is 70.5. The number of unbranched alkanes of at least 4 members (excludes halogenated alkanes) is 3.